The summed E-state index contributed by atoms with van der Waals surface area (Å²) in [6, 6.07) is 0. The molecule has 2 aromatic heterocycles. The Labute approximate surface area is 86.7 Å². The van der Waals surface area contributed by atoms with Crippen molar-refractivity contribution >= 4 is 22.6 Å². The van der Waals surface area contributed by atoms with Crippen LogP contribution in [0.5, 0.6) is 0 Å². The van der Waals surface area contributed by atoms with E-state index in [-0.39, 0.29) is 0 Å². The van der Waals surface area contributed by atoms with Gasteiger partial charge in [0.2, 0.25) is 0 Å². The molecule has 4 nitrogen and oxygen atoms in total. The molecule has 2 rings (SSSR count). The van der Waals surface area contributed by atoms with Gasteiger partial charge in [-0.15, -0.1) is 0 Å². The van der Waals surface area contributed by atoms with Crippen LogP contribution in [-0.4, -0.2) is 28.5 Å². The third-order valence-electron chi connectivity index (χ3n) is 2.15. The lowest BCUT2D eigenvalue weighted by atomic mass is 10.2. The molecule has 0 unspecified atom stereocenters. The smallest absolute Gasteiger partial charge is 0.142 e. The van der Waals surface area contributed by atoms with Crippen molar-refractivity contribution < 1.29 is 0 Å². The van der Waals surface area contributed by atoms with E-state index in [1.54, 1.807) is 0 Å². The number of fused-ring (bicyclic) bond motifs is 1. The first-order valence-corrected chi connectivity index (χ1v) is 4.82. The van der Waals surface area contributed by atoms with Gasteiger partial charge in [-0.05, 0) is 25.6 Å². The molecule has 0 saturated carbocycles. The third kappa shape index (κ3) is 1.58. The molecular weight excluding hydrogens is 200 g/mol. The van der Waals surface area contributed by atoms with Crippen LogP contribution in [0.1, 0.15) is 5.56 Å². The van der Waals surface area contributed by atoms with Crippen molar-refractivity contribution in [3.63, 3.8) is 0 Å². The van der Waals surface area contributed by atoms with Gasteiger partial charge >= 0.3 is 0 Å². The van der Waals surface area contributed by atoms with E-state index in [1.165, 1.54) is 6.33 Å². The summed E-state index contributed by atoms with van der Waals surface area (Å²) in [4.78, 5) is 11.1. The molecule has 0 fully saturated rings. The SMILES string of the molecule is CNCCc1c[nH]c2ncnc(Cl)c12. The van der Waals surface area contributed by atoms with Crippen LogP contribution in [0.25, 0.3) is 11.0 Å². The van der Waals surface area contributed by atoms with E-state index in [0.717, 1.165) is 29.6 Å². The number of aromatic amines is 1. The van der Waals surface area contributed by atoms with Crippen molar-refractivity contribution in [2.75, 3.05) is 13.6 Å². The lowest BCUT2D eigenvalue weighted by Gasteiger charge is -1.98. The number of halogens is 1. The molecule has 74 valence electrons. The molecule has 0 aliphatic carbocycles. The van der Waals surface area contributed by atoms with Gasteiger partial charge in [0.15, 0.2) is 0 Å². The minimum Gasteiger partial charge on any atom is -0.346 e. The Morgan fingerprint density at radius 2 is 2.36 bits per heavy atom. The number of likely N-dealkylation sites (N-methyl/N-ethyl adjacent to an activating group) is 1. The highest BCUT2D eigenvalue weighted by atomic mass is 35.5. The zero-order valence-electron chi connectivity index (χ0n) is 7.84. The van der Waals surface area contributed by atoms with Crippen molar-refractivity contribution in [1.82, 2.24) is 20.3 Å². The van der Waals surface area contributed by atoms with Crippen LogP contribution < -0.4 is 5.32 Å². The van der Waals surface area contributed by atoms with Crippen LogP contribution in [0, 0.1) is 0 Å². The Hall–Kier alpha value is -1.13. The zero-order chi connectivity index (χ0) is 9.97. The minimum atomic E-state index is 0.516. The zero-order valence-corrected chi connectivity index (χ0v) is 8.60. The van der Waals surface area contributed by atoms with Crippen LogP contribution in [0.4, 0.5) is 0 Å². The van der Waals surface area contributed by atoms with Gasteiger partial charge in [0.05, 0.1) is 5.39 Å². The lowest BCUT2D eigenvalue weighted by molar-refractivity contribution is 0.794. The fourth-order valence-corrected chi connectivity index (χ4v) is 1.70. The Balaban J connectivity index is 2.45. The number of nitrogens with zero attached hydrogens (tertiary/aromatic N) is 2. The Kier molecular flexibility index (Phi) is 2.65. The molecule has 0 amide bonds. The summed E-state index contributed by atoms with van der Waals surface area (Å²) in [5.41, 5.74) is 1.95. The first-order chi connectivity index (χ1) is 6.83. The summed E-state index contributed by atoms with van der Waals surface area (Å²) in [7, 11) is 1.92. The first kappa shape index (κ1) is 9.43. The number of rotatable bonds is 3. The molecule has 0 aromatic carbocycles. The van der Waals surface area contributed by atoms with Gasteiger partial charge < -0.3 is 10.3 Å². The second kappa shape index (κ2) is 3.94. The van der Waals surface area contributed by atoms with Gasteiger partial charge in [-0.1, -0.05) is 11.6 Å². The average molecular weight is 211 g/mol. The Morgan fingerprint density at radius 1 is 1.50 bits per heavy atom. The molecule has 0 atom stereocenters. The molecule has 5 heteroatoms. The average Bonchev–Trinajstić information content (AvgIpc) is 2.59. The second-order valence-electron chi connectivity index (χ2n) is 3.06. The van der Waals surface area contributed by atoms with E-state index >= 15 is 0 Å². The highest BCUT2D eigenvalue weighted by Crippen LogP contribution is 2.22. The van der Waals surface area contributed by atoms with Crippen molar-refractivity contribution in [2.24, 2.45) is 0 Å². The molecule has 0 aliphatic heterocycles. The fourth-order valence-electron chi connectivity index (χ4n) is 1.44. The van der Waals surface area contributed by atoms with E-state index in [0.29, 0.717) is 5.15 Å². The molecule has 0 radical (unpaired) electrons. The maximum Gasteiger partial charge on any atom is 0.142 e. The van der Waals surface area contributed by atoms with Gasteiger partial charge in [-0.2, -0.15) is 0 Å². The van der Waals surface area contributed by atoms with Crippen LogP contribution >= 0.6 is 11.6 Å². The number of hydrogen-bond donors (Lipinski definition) is 2. The number of hydrogen-bond acceptors (Lipinski definition) is 3. The fraction of sp³-hybridized carbons (Fsp3) is 0.333. The number of aromatic nitrogens is 3. The molecule has 14 heavy (non-hydrogen) atoms. The largest absolute Gasteiger partial charge is 0.346 e. The van der Waals surface area contributed by atoms with Gasteiger partial charge in [0.25, 0.3) is 0 Å². The van der Waals surface area contributed by atoms with Crippen LogP contribution in [0.15, 0.2) is 12.5 Å². The summed E-state index contributed by atoms with van der Waals surface area (Å²) in [6.07, 6.45) is 4.31. The third-order valence-corrected chi connectivity index (χ3v) is 2.44. The molecule has 0 aliphatic rings. The summed E-state index contributed by atoms with van der Waals surface area (Å²) in [5.74, 6) is 0. The molecule has 0 bridgehead atoms. The van der Waals surface area contributed by atoms with E-state index in [2.05, 4.69) is 20.3 Å². The van der Waals surface area contributed by atoms with Crippen LogP contribution in [0.2, 0.25) is 5.15 Å². The topological polar surface area (TPSA) is 53.6 Å². The van der Waals surface area contributed by atoms with Crippen molar-refractivity contribution in [1.29, 1.82) is 0 Å². The highest BCUT2D eigenvalue weighted by Gasteiger charge is 2.08. The van der Waals surface area contributed by atoms with E-state index in [1.807, 2.05) is 13.2 Å². The van der Waals surface area contributed by atoms with Crippen LogP contribution in [-0.2, 0) is 6.42 Å². The normalized spacial score (nSPS) is 11.0. The summed E-state index contributed by atoms with van der Waals surface area (Å²) in [5, 5.41) is 4.54. The molecule has 0 spiro atoms. The number of H-pyrrole nitrogens is 1. The summed E-state index contributed by atoms with van der Waals surface area (Å²) >= 11 is 5.99. The monoisotopic (exact) mass is 210 g/mol. The van der Waals surface area contributed by atoms with Crippen molar-refractivity contribution in [3.8, 4) is 0 Å². The maximum absolute atomic E-state index is 5.99. The summed E-state index contributed by atoms with van der Waals surface area (Å²) < 4.78 is 0. The van der Waals surface area contributed by atoms with Gasteiger partial charge in [0.1, 0.15) is 17.1 Å². The van der Waals surface area contributed by atoms with E-state index in [4.69, 9.17) is 11.6 Å². The van der Waals surface area contributed by atoms with Gasteiger partial charge in [-0.25, -0.2) is 9.97 Å². The molecule has 2 aromatic rings. The first-order valence-electron chi connectivity index (χ1n) is 4.44. The minimum absolute atomic E-state index is 0.516. The van der Waals surface area contributed by atoms with E-state index < -0.39 is 0 Å². The van der Waals surface area contributed by atoms with E-state index in [9.17, 15) is 0 Å². The van der Waals surface area contributed by atoms with Gasteiger partial charge in [-0.3, -0.25) is 0 Å². The lowest BCUT2D eigenvalue weighted by Crippen LogP contribution is -2.09. The molecular formula is C9H11ClN4. The highest BCUT2D eigenvalue weighted by molar-refractivity contribution is 6.34. The number of nitrogens with one attached hydrogen (secondary N) is 2. The van der Waals surface area contributed by atoms with Crippen molar-refractivity contribution in [3.05, 3.63) is 23.2 Å². The Bertz CT molecular complexity index is 437. The quantitative estimate of drug-likeness (QED) is 0.753. The molecule has 0 saturated heterocycles. The summed E-state index contributed by atoms with van der Waals surface area (Å²) in [6.45, 7) is 0.915. The van der Waals surface area contributed by atoms with Gasteiger partial charge in [0, 0.05) is 6.20 Å². The Morgan fingerprint density at radius 3 is 3.14 bits per heavy atom. The standard InChI is InChI=1S/C9H11ClN4/c1-11-3-2-6-4-12-9-7(6)8(10)13-5-14-9/h4-5,11H,2-3H2,1H3,(H,12,13,14). The predicted octanol–water partition coefficient (Wildman–Crippen LogP) is 1.37. The van der Waals surface area contributed by atoms with Crippen LogP contribution in [0.3, 0.4) is 0 Å². The molecule has 2 N–H and O–H groups in total. The molecule has 2 heterocycles. The maximum atomic E-state index is 5.99. The second-order valence-corrected chi connectivity index (χ2v) is 3.41. The predicted molar refractivity (Wildman–Crippen MR) is 56.5 cm³/mol. The van der Waals surface area contributed by atoms with Crippen molar-refractivity contribution in [2.45, 2.75) is 6.42 Å².